The molecule has 27 heavy (non-hydrogen) atoms. The molecule has 1 atom stereocenters. The third-order valence-electron chi connectivity index (χ3n) is 5.85. The van der Waals surface area contributed by atoms with E-state index in [0.717, 1.165) is 51.2 Å². The Labute approximate surface area is 162 Å². The van der Waals surface area contributed by atoms with E-state index in [1.807, 2.05) is 6.20 Å². The van der Waals surface area contributed by atoms with Gasteiger partial charge < -0.3 is 9.64 Å². The lowest BCUT2D eigenvalue weighted by Crippen LogP contribution is -2.50. The monoisotopic (exact) mass is 363 g/mol. The molecule has 4 nitrogen and oxygen atoms in total. The molecular weight excluding hydrogens is 334 g/mol. The summed E-state index contributed by atoms with van der Waals surface area (Å²) in [6.45, 7) is 6.46. The molecular formula is C23H29N3O. The number of allylic oxidation sites excluding steroid dienone is 5. The summed E-state index contributed by atoms with van der Waals surface area (Å²) in [4.78, 5) is 9.83. The molecule has 4 rings (SSSR count). The second-order valence-corrected chi connectivity index (χ2v) is 7.57. The number of hydrogen-bond acceptors (Lipinski definition) is 4. The van der Waals surface area contributed by atoms with Gasteiger partial charge in [0, 0.05) is 38.4 Å². The van der Waals surface area contributed by atoms with Crippen molar-refractivity contribution in [3.05, 3.63) is 65.7 Å². The zero-order valence-corrected chi connectivity index (χ0v) is 16.4. The summed E-state index contributed by atoms with van der Waals surface area (Å²) in [6.07, 6.45) is 16.3. The van der Waals surface area contributed by atoms with Gasteiger partial charge in [0.25, 0.3) is 0 Å². The summed E-state index contributed by atoms with van der Waals surface area (Å²) in [6, 6.07) is 4.79. The third-order valence-corrected chi connectivity index (χ3v) is 5.85. The number of piperazine rings is 1. The highest BCUT2D eigenvalue weighted by atomic mass is 16.5. The molecule has 1 aromatic rings. The number of pyridine rings is 1. The van der Waals surface area contributed by atoms with E-state index in [1.54, 1.807) is 7.11 Å². The van der Waals surface area contributed by atoms with Crippen LogP contribution < -0.4 is 4.90 Å². The number of rotatable bonds is 4. The molecule has 1 aromatic heterocycles. The topological polar surface area (TPSA) is 28.6 Å². The van der Waals surface area contributed by atoms with E-state index in [4.69, 9.17) is 9.72 Å². The molecule has 0 radical (unpaired) electrons. The molecule has 1 fully saturated rings. The lowest BCUT2D eigenvalue weighted by Gasteiger charge is -2.40. The second kappa shape index (κ2) is 8.13. The minimum atomic E-state index is 0.494. The average Bonchev–Trinajstić information content (AvgIpc) is 2.75. The molecule has 0 N–H and O–H groups in total. The normalized spacial score (nSPS) is 23.6. The average molecular weight is 364 g/mol. The van der Waals surface area contributed by atoms with Gasteiger partial charge >= 0.3 is 0 Å². The Balaban J connectivity index is 1.44. The quantitative estimate of drug-likeness (QED) is 0.802. The van der Waals surface area contributed by atoms with Crippen LogP contribution >= 0.6 is 0 Å². The number of hydrogen-bond donors (Lipinski definition) is 0. The molecule has 3 aliphatic rings. The van der Waals surface area contributed by atoms with Crippen molar-refractivity contribution in [1.29, 1.82) is 0 Å². The Morgan fingerprint density at radius 1 is 1.11 bits per heavy atom. The van der Waals surface area contributed by atoms with E-state index in [-0.39, 0.29) is 0 Å². The van der Waals surface area contributed by atoms with E-state index < -0.39 is 0 Å². The number of ether oxygens (including phenoxy) is 1. The van der Waals surface area contributed by atoms with Gasteiger partial charge in [-0.25, -0.2) is 0 Å². The summed E-state index contributed by atoms with van der Waals surface area (Å²) < 4.78 is 5.31. The molecule has 0 spiro atoms. The first kappa shape index (κ1) is 18.1. The molecule has 0 aromatic carbocycles. The highest BCUT2D eigenvalue weighted by Gasteiger charge is 2.25. The highest BCUT2D eigenvalue weighted by molar-refractivity contribution is 5.76. The lowest BCUT2D eigenvalue weighted by atomic mass is 9.95. The van der Waals surface area contributed by atoms with Crippen LogP contribution in [0.2, 0.25) is 0 Å². The third kappa shape index (κ3) is 4.01. The van der Waals surface area contributed by atoms with Crippen molar-refractivity contribution >= 4 is 11.3 Å². The number of aromatic nitrogens is 1. The van der Waals surface area contributed by atoms with Gasteiger partial charge in [0.15, 0.2) is 0 Å². The van der Waals surface area contributed by atoms with E-state index >= 15 is 0 Å². The van der Waals surface area contributed by atoms with E-state index in [2.05, 4.69) is 59.2 Å². The maximum absolute atomic E-state index is 5.31. The van der Waals surface area contributed by atoms with Crippen molar-refractivity contribution < 1.29 is 4.74 Å². The predicted octanol–water partition coefficient (Wildman–Crippen LogP) is 4.19. The molecule has 2 heterocycles. The molecule has 1 unspecified atom stereocenters. The summed E-state index contributed by atoms with van der Waals surface area (Å²) >= 11 is 0. The number of nitrogens with zero attached hydrogens (tertiary/aromatic N) is 3. The standard InChI is InChI=1S/C23H29N3O/c1-18-5-7-19(8-6-18)23-22(4-3-13-24-23)26-16-14-25(15-17-26)20-9-11-21(27-2)12-10-20/h3-5,7,9,11-13,20H,6,8,10,14-17H2,1-2H3. The van der Waals surface area contributed by atoms with Gasteiger partial charge in [-0.3, -0.25) is 9.88 Å². The summed E-state index contributed by atoms with van der Waals surface area (Å²) in [5.41, 5.74) is 5.28. The van der Waals surface area contributed by atoms with Gasteiger partial charge in [0.1, 0.15) is 5.76 Å². The Bertz CT molecular complexity index is 798. The molecule has 0 saturated carbocycles. The summed E-state index contributed by atoms with van der Waals surface area (Å²) in [7, 11) is 1.74. The van der Waals surface area contributed by atoms with Crippen LogP contribution in [-0.2, 0) is 4.74 Å². The van der Waals surface area contributed by atoms with Gasteiger partial charge in [0.2, 0.25) is 0 Å². The first-order valence-electron chi connectivity index (χ1n) is 9.97. The highest BCUT2D eigenvalue weighted by Crippen LogP contribution is 2.32. The van der Waals surface area contributed by atoms with Crippen molar-refractivity contribution in [2.75, 3.05) is 38.2 Å². The predicted molar refractivity (Wildman–Crippen MR) is 112 cm³/mol. The van der Waals surface area contributed by atoms with Gasteiger partial charge in [-0.2, -0.15) is 0 Å². The van der Waals surface area contributed by atoms with Gasteiger partial charge in [0.05, 0.1) is 18.5 Å². The van der Waals surface area contributed by atoms with Crippen LogP contribution in [0, 0.1) is 0 Å². The zero-order valence-electron chi connectivity index (χ0n) is 16.4. The van der Waals surface area contributed by atoms with E-state index in [1.165, 1.54) is 22.5 Å². The largest absolute Gasteiger partial charge is 0.497 e. The molecule has 2 aliphatic carbocycles. The van der Waals surface area contributed by atoms with Crippen LogP contribution in [-0.4, -0.2) is 49.2 Å². The molecule has 1 aliphatic heterocycles. The Kier molecular flexibility index (Phi) is 5.44. The van der Waals surface area contributed by atoms with Crippen LogP contribution in [0.3, 0.4) is 0 Å². The first-order valence-corrected chi connectivity index (χ1v) is 9.97. The van der Waals surface area contributed by atoms with Crippen LogP contribution in [0.5, 0.6) is 0 Å². The SMILES string of the molecule is COC1=CCC(N2CCN(c3cccnc3C3=CC=C(C)CC3)CC2)C=C1. The first-order chi connectivity index (χ1) is 13.2. The second-order valence-electron chi connectivity index (χ2n) is 7.57. The van der Waals surface area contributed by atoms with E-state index in [0.29, 0.717) is 6.04 Å². The van der Waals surface area contributed by atoms with Crippen molar-refractivity contribution in [3.63, 3.8) is 0 Å². The fourth-order valence-corrected chi connectivity index (χ4v) is 4.14. The van der Waals surface area contributed by atoms with Crippen molar-refractivity contribution in [3.8, 4) is 0 Å². The van der Waals surface area contributed by atoms with Gasteiger partial charge in [-0.1, -0.05) is 23.8 Å². The maximum atomic E-state index is 5.31. The lowest BCUT2D eigenvalue weighted by molar-refractivity contribution is 0.211. The number of methoxy groups -OCH3 is 1. The fraction of sp³-hybridized carbons (Fsp3) is 0.435. The molecule has 4 heteroatoms. The fourth-order valence-electron chi connectivity index (χ4n) is 4.14. The minimum absolute atomic E-state index is 0.494. The number of anilines is 1. The van der Waals surface area contributed by atoms with Gasteiger partial charge in [-0.05, 0) is 56.0 Å². The van der Waals surface area contributed by atoms with Crippen LogP contribution in [0.15, 0.2) is 60.0 Å². The summed E-state index contributed by atoms with van der Waals surface area (Å²) in [5.74, 6) is 0.981. The van der Waals surface area contributed by atoms with Crippen molar-refractivity contribution in [2.24, 2.45) is 0 Å². The van der Waals surface area contributed by atoms with Gasteiger partial charge in [-0.15, -0.1) is 0 Å². The van der Waals surface area contributed by atoms with E-state index in [9.17, 15) is 0 Å². The molecule has 0 bridgehead atoms. The Morgan fingerprint density at radius 2 is 1.96 bits per heavy atom. The smallest absolute Gasteiger partial charge is 0.114 e. The van der Waals surface area contributed by atoms with Crippen molar-refractivity contribution in [1.82, 2.24) is 9.88 Å². The molecule has 142 valence electrons. The van der Waals surface area contributed by atoms with Crippen LogP contribution in [0.25, 0.3) is 5.57 Å². The maximum Gasteiger partial charge on any atom is 0.114 e. The minimum Gasteiger partial charge on any atom is -0.497 e. The Morgan fingerprint density at radius 3 is 2.63 bits per heavy atom. The Hall–Kier alpha value is -2.33. The van der Waals surface area contributed by atoms with Crippen molar-refractivity contribution in [2.45, 2.75) is 32.2 Å². The zero-order chi connectivity index (χ0) is 18.6. The van der Waals surface area contributed by atoms with Crippen LogP contribution in [0.1, 0.15) is 31.9 Å². The molecule has 0 amide bonds. The molecule has 1 saturated heterocycles. The summed E-state index contributed by atoms with van der Waals surface area (Å²) in [5, 5.41) is 0. The van der Waals surface area contributed by atoms with Crippen LogP contribution in [0.4, 0.5) is 5.69 Å².